The fraction of sp³-hybridized carbons (Fsp3) is 0.462. The van der Waals surface area contributed by atoms with E-state index in [0.717, 1.165) is 37.6 Å². The van der Waals surface area contributed by atoms with Crippen LogP contribution in [0.1, 0.15) is 29.6 Å². The number of carbonyl (C=O) groups is 1. The smallest absolute Gasteiger partial charge is 0.253 e. The highest BCUT2D eigenvalue weighted by atomic mass is 16.5. The van der Waals surface area contributed by atoms with Crippen molar-refractivity contribution in [2.45, 2.75) is 24.9 Å². The fourth-order valence-corrected chi connectivity index (χ4v) is 5.12. The van der Waals surface area contributed by atoms with Crippen molar-refractivity contribution >= 4 is 17.4 Å². The van der Waals surface area contributed by atoms with Gasteiger partial charge in [-0.3, -0.25) is 14.1 Å². The maximum Gasteiger partial charge on any atom is 0.253 e. The predicted molar refractivity (Wildman–Crippen MR) is 132 cm³/mol. The van der Waals surface area contributed by atoms with Crippen LogP contribution in [0.4, 0.5) is 5.82 Å². The molecule has 0 spiro atoms. The third-order valence-electron chi connectivity index (χ3n) is 6.90. The molecule has 0 saturated carbocycles. The standard InChI is InChI=1S/C26H33N5O3/c1-28(25(32)21-6-4-7-22(18-21)34-17-16-29-12-2-3-13-29)19-26(33)10-14-30(20-26)24-9-5-8-23-27-11-15-31(23)24/h4-9,11,15,18,33H,2-3,10,12-14,16-17,19-20H2,1H3. The van der Waals surface area contributed by atoms with Gasteiger partial charge in [-0.1, -0.05) is 12.1 Å². The molecule has 8 heteroatoms. The summed E-state index contributed by atoms with van der Waals surface area (Å²) in [5.74, 6) is 1.59. The maximum absolute atomic E-state index is 13.1. The summed E-state index contributed by atoms with van der Waals surface area (Å²) in [4.78, 5) is 23.6. The van der Waals surface area contributed by atoms with Crippen LogP contribution in [0.15, 0.2) is 54.9 Å². The van der Waals surface area contributed by atoms with E-state index in [0.29, 0.717) is 30.9 Å². The van der Waals surface area contributed by atoms with E-state index in [1.165, 1.54) is 12.8 Å². The van der Waals surface area contributed by atoms with Crippen LogP contribution >= 0.6 is 0 Å². The quantitative estimate of drug-likeness (QED) is 0.554. The van der Waals surface area contributed by atoms with Gasteiger partial charge in [-0.25, -0.2) is 4.98 Å². The number of likely N-dealkylation sites (N-methyl/N-ethyl adjacent to an activating group) is 1. The van der Waals surface area contributed by atoms with Gasteiger partial charge in [0.15, 0.2) is 0 Å². The Morgan fingerprint density at radius 3 is 2.85 bits per heavy atom. The van der Waals surface area contributed by atoms with Crippen molar-refractivity contribution in [1.29, 1.82) is 0 Å². The zero-order valence-corrected chi connectivity index (χ0v) is 19.8. The summed E-state index contributed by atoms with van der Waals surface area (Å²) < 4.78 is 7.93. The Hall–Kier alpha value is -3.10. The van der Waals surface area contributed by atoms with E-state index < -0.39 is 5.60 Å². The van der Waals surface area contributed by atoms with Crippen LogP contribution in [0.5, 0.6) is 5.75 Å². The normalized spacial score (nSPS) is 20.8. The summed E-state index contributed by atoms with van der Waals surface area (Å²) in [5.41, 5.74) is 0.474. The molecule has 1 N–H and O–H groups in total. The van der Waals surface area contributed by atoms with Crippen molar-refractivity contribution < 1.29 is 14.6 Å². The molecule has 2 fully saturated rings. The average molecular weight is 464 g/mol. The van der Waals surface area contributed by atoms with Crippen LogP contribution in [0.3, 0.4) is 0 Å². The van der Waals surface area contributed by atoms with Gasteiger partial charge in [0.1, 0.15) is 29.4 Å². The molecule has 2 saturated heterocycles. The number of amides is 1. The number of aromatic nitrogens is 2. The van der Waals surface area contributed by atoms with E-state index >= 15 is 0 Å². The number of likely N-dealkylation sites (tertiary alicyclic amines) is 1. The number of benzene rings is 1. The minimum Gasteiger partial charge on any atom is -0.492 e. The molecule has 3 aromatic rings. The number of hydrogen-bond donors (Lipinski definition) is 1. The summed E-state index contributed by atoms with van der Waals surface area (Å²) in [6, 6.07) is 13.3. The summed E-state index contributed by atoms with van der Waals surface area (Å²) in [6.45, 7) is 5.26. The highest BCUT2D eigenvalue weighted by Crippen LogP contribution is 2.28. The SMILES string of the molecule is CN(CC1(O)CCN(c2cccc3nccn23)C1)C(=O)c1cccc(OCCN2CCCC2)c1. The molecule has 0 radical (unpaired) electrons. The molecule has 180 valence electrons. The van der Waals surface area contributed by atoms with Crippen molar-refractivity contribution in [2.75, 3.05) is 57.8 Å². The molecule has 0 bridgehead atoms. The minimum absolute atomic E-state index is 0.117. The van der Waals surface area contributed by atoms with E-state index in [1.54, 1.807) is 30.3 Å². The lowest BCUT2D eigenvalue weighted by molar-refractivity contribution is 0.0264. The molecule has 34 heavy (non-hydrogen) atoms. The molecule has 4 heterocycles. The molecule has 8 nitrogen and oxygen atoms in total. The van der Waals surface area contributed by atoms with Gasteiger partial charge in [0.25, 0.3) is 5.91 Å². The largest absolute Gasteiger partial charge is 0.492 e. The lowest BCUT2D eigenvalue weighted by Gasteiger charge is -2.29. The van der Waals surface area contributed by atoms with Crippen molar-refractivity contribution in [1.82, 2.24) is 19.2 Å². The van der Waals surface area contributed by atoms with E-state index in [4.69, 9.17) is 4.74 Å². The first kappa shape index (κ1) is 22.7. The third kappa shape index (κ3) is 4.88. The molecule has 2 aliphatic rings. The Kier molecular flexibility index (Phi) is 6.43. The van der Waals surface area contributed by atoms with Crippen LogP contribution in [-0.4, -0.2) is 88.7 Å². The molecule has 2 aliphatic heterocycles. The Morgan fingerprint density at radius 1 is 1.18 bits per heavy atom. The first-order valence-electron chi connectivity index (χ1n) is 12.1. The van der Waals surface area contributed by atoms with Crippen LogP contribution in [0.25, 0.3) is 5.65 Å². The number of β-amino-alcohol motifs (C(OH)–C–C–N with tert-alkyl or cyclic N) is 1. The maximum atomic E-state index is 13.1. The Balaban J connectivity index is 1.19. The van der Waals surface area contributed by atoms with Gasteiger partial charge >= 0.3 is 0 Å². The van der Waals surface area contributed by atoms with Gasteiger partial charge in [-0.15, -0.1) is 0 Å². The Bertz CT molecular complexity index is 1140. The predicted octanol–water partition coefficient (Wildman–Crippen LogP) is 2.52. The molecule has 1 atom stereocenters. The van der Waals surface area contributed by atoms with Gasteiger partial charge < -0.3 is 19.6 Å². The molecule has 0 aliphatic carbocycles. The van der Waals surface area contributed by atoms with Crippen LogP contribution < -0.4 is 9.64 Å². The minimum atomic E-state index is -0.975. The van der Waals surface area contributed by atoms with Gasteiger partial charge in [-0.2, -0.15) is 0 Å². The van der Waals surface area contributed by atoms with Gasteiger partial charge in [0, 0.05) is 44.6 Å². The second-order valence-electron chi connectivity index (χ2n) is 9.52. The van der Waals surface area contributed by atoms with Gasteiger partial charge in [0.05, 0.1) is 6.54 Å². The second-order valence-corrected chi connectivity index (χ2v) is 9.52. The number of imidazole rings is 1. The summed E-state index contributed by atoms with van der Waals surface area (Å²) in [5, 5.41) is 11.3. The molecule has 5 rings (SSSR count). The molecular weight excluding hydrogens is 430 g/mol. The third-order valence-corrected chi connectivity index (χ3v) is 6.90. The lowest BCUT2D eigenvalue weighted by atomic mass is 10.0. The number of anilines is 1. The Labute approximate surface area is 200 Å². The van der Waals surface area contributed by atoms with Crippen LogP contribution in [0, 0.1) is 0 Å². The van der Waals surface area contributed by atoms with Crippen molar-refractivity contribution in [3.05, 3.63) is 60.4 Å². The van der Waals surface area contributed by atoms with Crippen LogP contribution in [-0.2, 0) is 0 Å². The molecule has 1 aromatic carbocycles. The lowest BCUT2D eigenvalue weighted by Crippen LogP contribution is -2.46. The van der Waals surface area contributed by atoms with E-state index in [2.05, 4.69) is 14.8 Å². The second kappa shape index (κ2) is 9.64. The van der Waals surface area contributed by atoms with E-state index in [-0.39, 0.29) is 12.5 Å². The zero-order chi connectivity index (χ0) is 23.5. The first-order valence-corrected chi connectivity index (χ1v) is 12.1. The number of nitrogens with zero attached hydrogens (tertiary/aromatic N) is 5. The average Bonchev–Trinajstić information content (AvgIpc) is 3.60. The number of aliphatic hydroxyl groups is 1. The molecular formula is C26H33N5O3. The number of fused-ring (bicyclic) bond motifs is 1. The fourth-order valence-electron chi connectivity index (χ4n) is 5.12. The van der Waals surface area contributed by atoms with Gasteiger partial charge in [0.2, 0.25) is 0 Å². The Morgan fingerprint density at radius 2 is 2.00 bits per heavy atom. The number of rotatable bonds is 8. The highest BCUT2D eigenvalue weighted by molar-refractivity contribution is 5.94. The number of ether oxygens (including phenoxy) is 1. The number of hydrogen-bond acceptors (Lipinski definition) is 6. The number of carbonyl (C=O) groups excluding carboxylic acids is 1. The summed E-state index contributed by atoms with van der Waals surface area (Å²) >= 11 is 0. The monoisotopic (exact) mass is 463 g/mol. The zero-order valence-electron chi connectivity index (χ0n) is 19.8. The molecule has 1 unspecified atom stereocenters. The summed E-state index contributed by atoms with van der Waals surface area (Å²) in [6.07, 6.45) is 6.82. The topological polar surface area (TPSA) is 73.5 Å². The summed E-state index contributed by atoms with van der Waals surface area (Å²) in [7, 11) is 1.75. The van der Waals surface area contributed by atoms with E-state index in [1.807, 2.05) is 40.9 Å². The highest BCUT2D eigenvalue weighted by Gasteiger charge is 2.38. The molecule has 1 amide bonds. The van der Waals surface area contributed by atoms with Crippen molar-refractivity contribution in [2.24, 2.45) is 0 Å². The molecule has 2 aromatic heterocycles. The van der Waals surface area contributed by atoms with Gasteiger partial charge in [-0.05, 0) is 62.7 Å². The van der Waals surface area contributed by atoms with Crippen molar-refractivity contribution in [3.8, 4) is 5.75 Å². The number of pyridine rings is 1. The first-order chi connectivity index (χ1) is 16.5. The van der Waals surface area contributed by atoms with Crippen molar-refractivity contribution in [3.63, 3.8) is 0 Å². The van der Waals surface area contributed by atoms with E-state index in [9.17, 15) is 9.90 Å². The van der Waals surface area contributed by atoms with Crippen LogP contribution in [0.2, 0.25) is 0 Å².